The normalized spacial score (nSPS) is 11.5. The third-order valence-electron chi connectivity index (χ3n) is 3.77. The molecule has 0 spiro atoms. The molecular weight excluding hydrogens is 468 g/mol. The van der Waals surface area contributed by atoms with Gasteiger partial charge in [-0.25, -0.2) is 9.18 Å². The summed E-state index contributed by atoms with van der Waals surface area (Å²) in [5.74, 6) is -1.86. The van der Waals surface area contributed by atoms with Gasteiger partial charge in [-0.3, -0.25) is 9.59 Å². The van der Waals surface area contributed by atoms with Gasteiger partial charge in [-0.15, -0.1) is 0 Å². The number of carbonyl (C=O) groups is 3. The number of rotatable bonds is 11. The second kappa shape index (κ2) is 12.5. The molecule has 0 fully saturated rings. The lowest BCUT2D eigenvalue weighted by Crippen LogP contribution is -2.41. The van der Waals surface area contributed by atoms with Crippen LogP contribution in [0.4, 0.5) is 9.18 Å². The summed E-state index contributed by atoms with van der Waals surface area (Å²) in [6, 6.07) is 3.92. The molecule has 1 atom stereocenters. The Balaban J connectivity index is 2.09. The Morgan fingerprint density at radius 2 is 1.81 bits per heavy atom. The molecule has 0 saturated heterocycles. The average Bonchev–Trinajstić information content (AvgIpc) is 2.58. The van der Waals surface area contributed by atoms with Crippen molar-refractivity contribution in [3.05, 3.63) is 33.1 Å². The summed E-state index contributed by atoms with van der Waals surface area (Å²) < 4.78 is 14.4. The van der Waals surface area contributed by atoms with Crippen LogP contribution in [-0.4, -0.2) is 42.1 Å². The fraction of sp³-hybridized carbons (Fsp3) is 0.500. The molecule has 1 aromatic carbocycles. The molecule has 27 heavy (non-hydrogen) atoms. The molecule has 0 aliphatic rings. The van der Waals surface area contributed by atoms with Crippen LogP contribution in [0.15, 0.2) is 18.2 Å². The summed E-state index contributed by atoms with van der Waals surface area (Å²) in [4.78, 5) is 34.0. The molecule has 0 radical (unpaired) electrons. The second-order valence-electron chi connectivity index (χ2n) is 6.17. The van der Waals surface area contributed by atoms with Crippen molar-refractivity contribution >= 4 is 40.5 Å². The molecular formula is C18H25FIN3O4. The number of amides is 3. The van der Waals surface area contributed by atoms with Crippen molar-refractivity contribution in [2.45, 2.75) is 45.1 Å². The Labute approximate surface area is 171 Å². The van der Waals surface area contributed by atoms with Crippen LogP contribution < -0.4 is 16.0 Å². The number of unbranched alkanes of at least 4 members (excludes halogenated alkanes) is 2. The Hall–Kier alpha value is -1.91. The molecule has 0 heterocycles. The largest absolute Gasteiger partial charge is 0.481 e. The van der Waals surface area contributed by atoms with E-state index in [1.807, 2.05) is 22.6 Å². The first-order valence-electron chi connectivity index (χ1n) is 8.79. The van der Waals surface area contributed by atoms with Crippen LogP contribution in [-0.2, 0) is 4.79 Å². The van der Waals surface area contributed by atoms with E-state index in [0.717, 1.165) is 22.8 Å². The van der Waals surface area contributed by atoms with Crippen molar-refractivity contribution in [2.75, 3.05) is 13.1 Å². The van der Waals surface area contributed by atoms with Gasteiger partial charge in [0, 0.05) is 29.1 Å². The molecule has 0 aromatic heterocycles. The highest BCUT2D eigenvalue weighted by atomic mass is 127. The number of halogens is 2. The number of hydrogen-bond acceptors (Lipinski definition) is 3. The zero-order valence-electron chi connectivity index (χ0n) is 15.2. The molecule has 0 aliphatic heterocycles. The number of benzene rings is 1. The first-order valence-corrected chi connectivity index (χ1v) is 9.87. The van der Waals surface area contributed by atoms with Crippen molar-refractivity contribution < 1.29 is 23.9 Å². The van der Waals surface area contributed by atoms with E-state index >= 15 is 0 Å². The molecule has 0 bridgehead atoms. The Morgan fingerprint density at radius 3 is 2.44 bits per heavy atom. The summed E-state index contributed by atoms with van der Waals surface area (Å²) in [7, 11) is 0. The van der Waals surface area contributed by atoms with Crippen LogP contribution in [0.2, 0.25) is 0 Å². The average molecular weight is 493 g/mol. The van der Waals surface area contributed by atoms with Gasteiger partial charge in [-0.05, 0) is 73.4 Å². The number of carboxylic acids is 1. The van der Waals surface area contributed by atoms with Crippen molar-refractivity contribution in [2.24, 2.45) is 0 Å². The maximum atomic E-state index is 13.7. The Kier molecular flexibility index (Phi) is 10.7. The zero-order valence-corrected chi connectivity index (χ0v) is 17.3. The minimum atomic E-state index is -0.888. The van der Waals surface area contributed by atoms with Gasteiger partial charge in [0.05, 0.1) is 5.56 Å². The minimum absolute atomic E-state index is 0.0132. The van der Waals surface area contributed by atoms with E-state index in [1.54, 1.807) is 13.0 Å². The van der Waals surface area contributed by atoms with Gasteiger partial charge < -0.3 is 21.1 Å². The summed E-state index contributed by atoms with van der Waals surface area (Å²) in [6.45, 7) is 2.67. The number of aliphatic carboxylic acids is 1. The smallest absolute Gasteiger partial charge is 0.314 e. The van der Waals surface area contributed by atoms with Gasteiger partial charge in [-0.2, -0.15) is 0 Å². The fourth-order valence-corrected chi connectivity index (χ4v) is 2.74. The highest BCUT2D eigenvalue weighted by Crippen LogP contribution is 2.12. The lowest BCUT2D eigenvalue weighted by atomic mass is 10.2. The van der Waals surface area contributed by atoms with E-state index < -0.39 is 17.7 Å². The monoisotopic (exact) mass is 493 g/mol. The summed E-state index contributed by atoms with van der Waals surface area (Å²) in [6.07, 6.45) is 2.65. The summed E-state index contributed by atoms with van der Waals surface area (Å²) >= 11 is 1.98. The van der Waals surface area contributed by atoms with E-state index in [0.29, 0.717) is 19.5 Å². The predicted octanol–water partition coefficient (Wildman–Crippen LogP) is 2.88. The van der Waals surface area contributed by atoms with Crippen molar-refractivity contribution in [1.29, 1.82) is 0 Å². The summed E-state index contributed by atoms with van der Waals surface area (Å²) in [5, 5.41) is 16.6. The van der Waals surface area contributed by atoms with Gasteiger partial charge >= 0.3 is 12.0 Å². The quantitative estimate of drug-likeness (QED) is 0.281. The number of urea groups is 1. The van der Waals surface area contributed by atoms with E-state index in [2.05, 4.69) is 16.0 Å². The van der Waals surface area contributed by atoms with Crippen LogP contribution in [0.3, 0.4) is 0 Å². The van der Waals surface area contributed by atoms with Crippen molar-refractivity contribution in [1.82, 2.24) is 16.0 Å². The SMILES string of the molecule is C[C@H](CCC(=O)O)NC(=O)NCCCCCNC(=O)c1ccc(I)cc1F. The van der Waals surface area contributed by atoms with Crippen LogP contribution in [0.25, 0.3) is 0 Å². The highest BCUT2D eigenvalue weighted by Gasteiger charge is 2.11. The topological polar surface area (TPSA) is 108 Å². The third kappa shape index (κ3) is 10.1. The maximum absolute atomic E-state index is 13.7. The fourth-order valence-electron chi connectivity index (χ4n) is 2.29. The predicted molar refractivity (Wildman–Crippen MR) is 108 cm³/mol. The number of hydrogen-bond donors (Lipinski definition) is 4. The Bertz CT molecular complexity index is 657. The standard InChI is InChI=1S/C18H25FIN3O4/c1-12(5-8-16(24)25)23-18(27)22-10-4-2-3-9-21-17(26)14-7-6-13(20)11-15(14)19/h6-7,11-12H,2-5,8-10H2,1H3,(H,21,26)(H,24,25)(H2,22,23,27)/t12-/m1/s1. The Morgan fingerprint density at radius 1 is 1.15 bits per heavy atom. The highest BCUT2D eigenvalue weighted by molar-refractivity contribution is 14.1. The molecule has 0 saturated carbocycles. The van der Waals surface area contributed by atoms with Gasteiger partial charge in [0.15, 0.2) is 0 Å². The minimum Gasteiger partial charge on any atom is -0.481 e. The molecule has 7 nitrogen and oxygen atoms in total. The van der Waals surface area contributed by atoms with Crippen LogP contribution in [0.1, 0.15) is 49.4 Å². The van der Waals surface area contributed by atoms with Crippen molar-refractivity contribution in [3.8, 4) is 0 Å². The third-order valence-corrected chi connectivity index (χ3v) is 4.44. The first kappa shape index (κ1) is 23.1. The van der Waals surface area contributed by atoms with Gasteiger partial charge in [0.25, 0.3) is 5.91 Å². The number of carbonyl (C=O) groups excluding carboxylic acids is 2. The molecule has 0 aliphatic carbocycles. The maximum Gasteiger partial charge on any atom is 0.314 e. The number of nitrogens with one attached hydrogen (secondary N) is 3. The zero-order chi connectivity index (χ0) is 20.2. The second-order valence-corrected chi connectivity index (χ2v) is 7.42. The lowest BCUT2D eigenvalue weighted by molar-refractivity contribution is -0.137. The summed E-state index contributed by atoms with van der Waals surface area (Å²) in [5.41, 5.74) is 0.0331. The van der Waals surface area contributed by atoms with Crippen LogP contribution in [0, 0.1) is 9.39 Å². The molecule has 1 aromatic rings. The molecule has 0 unspecified atom stereocenters. The van der Waals surface area contributed by atoms with Crippen LogP contribution >= 0.6 is 22.6 Å². The van der Waals surface area contributed by atoms with Gasteiger partial charge in [-0.1, -0.05) is 0 Å². The van der Waals surface area contributed by atoms with Crippen molar-refractivity contribution in [3.63, 3.8) is 0 Å². The first-order chi connectivity index (χ1) is 12.8. The van der Waals surface area contributed by atoms with E-state index in [4.69, 9.17) is 5.11 Å². The van der Waals surface area contributed by atoms with Crippen LogP contribution in [0.5, 0.6) is 0 Å². The molecule has 1 rings (SSSR count). The number of carboxylic acid groups (broad SMARTS) is 1. The van der Waals surface area contributed by atoms with Gasteiger partial charge in [0.1, 0.15) is 5.82 Å². The van der Waals surface area contributed by atoms with E-state index in [1.165, 1.54) is 12.1 Å². The van der Waals surface area contributed by atoms with E-state index in [9.17, 15) is 18.8 Å². The molecule has 150 valence electrons. The lowest BCUT2D eigenvalue weighted by Gasteiger charge is -2.13. The van der Waals surface area contributed by atoms with Gasteiger partial charge in [0.2, 0.25) is 0 Å². The van der Waals surface area contributed by atoms with E-state index in [-0.39, 0.29) is 24.1 Å². The molecule has 3 amide bonds. The molecule has 9 heteroatoms. The molecule has 4 N–H and O–H groups in total.